The Morgan fingerprint density at radius 1 is 1.54 bits per heavy atom. The first kappa shape index (κ1) is 11.1. The molecule has 0 amide bonds. The first-order valence-corrected chi connectivity index (χ1v) is 4.95. The number of alkyl halides is 3. The molecule has 1 aromatic rings. The SMILES string of the molecule is FC(F)c1cc(Br)c(Cl)nc1CCl. The van der Waals surface area contributed by atoms with E-state index in [1.165, 1.54) is 6.07 Å². The van der Waals surface area contributed by atoms with Gasteiger partial charge in [0.1, 0.15) is 5.15 Å². The van der Waals surface area contributed by atoms with Crippen molar-refractivity contribution >= 4 is 39.1 Å². The van der Waals surface area contributed by atoms with Crippen molar-refractivity contribution in [3.8, 4) is 0 Å². The van der Waals surface area contributed by atoms with E-state index in [4.69, 9.17) is 23.2 Å². The summed E-state index contributed by atoms with van der Waals surface area (Å²) in [6, 6.07) is 1.23. The highest BCUT2D eigenvalue weighted by Crippen LogP contribution is 2.29. The Kier molecular flexibility index (Phi) is 3.88. The summed E-state index contributed by atoms with van der Waals surface area (Å²) in [4.78, 5) is 3.72. The highest BCUT2D eigenvalue weighted by atomic mass is 79.9. The van der Waals surface area contributed by atoms with E-state index >= 15 is 0 Å². The smallest absolute Gasteiger partial charge is 0.238 e. The predicted molar refractivity (Wildman–Crippen MR) is 51.5 cm³/mol. The molecule has 0 fully saturated rings. The highest BCUT2D eigenvalue weighted by Gasteiger charge is 2.16. The minimum absolute atomic E-state index is 0.0767. The van der Waals surface area contributed by atoms with E-state index in [9.17, 15) is 8.78 Å². The van der Waals surface area contributed by atoms with Crippen molar-refractivity contribution in [2.75, 3.05) is 0 Å². The van der Waals surface area contributed by atoms with E-state index in [0.717, 1.165) is 0 Å². The summed E-state index contributed by atoms with van der Waals surface area (Å²) < 4.78 is 25.1. The number of pyridine rings is 1. The van der Waals surface area contributed by atoms with Gasteiger partial charge < -0.3 is 0 Å². The maximum atomic E-state index is 12.4. The number of hydrogen-bond donors (Lipinski definition) is 0. The number of halogens is 5. The number of hydrogen-bond acceptors (Lipinski definition) is 1. The molecule has 0 radical (unpaired) electrons. The standard InChI is InChI=1S/C7H4BrCl2F2N/c8-4-1-3(7(11)12)5(2-9)13-6(4)10/h1,7H,2H2. The van der Waals surface area contributed by atoms with E-state index in [-0.39, 0.29) is 22.3 Å². The molecule has 0 unspecified atom stereocenters. The zero-order valence-electron chi connectivity index (χ0n) is 6.20. The zero-order chi connectivity index (χ0) is 10.0. The van der Waals surface area contributed by atoms with Gasteiger partial charge in [0.05, 0.1) is 16.0 Å². The van der Waals surface area contributed by atoms with E-state index in [0.29, 0.717) is 4.47 Å². The monoisotopic (exact) mass is 289 g/mol. The second-order valence-electron chi connectivity index (χ2n) is 2.23. The maximum absolute atomic E-state index is 12.4. The van der Waals surface area contributed by atoms with Crippen LogP contribution in [0.5, 0.6) is 0 Å². The van der Waals surface area contributed by atoms with Gasteiger partial charge in [0, 0.05) is 5.56 Å². The largest absolute Gasteiger partial charge is 0.265 e. The van der Waals surface area contributed by atoms with Crippen LogP contribution < -0.4 is 0 Å². The molecule has 0 atom stereocenters. The average molecular weight is 291 g/mol. The lowest BCUT2D eigenvalue weighted by Crippen LogP contribution is -1.97. The summed E-state index contributed by atoms with van der Waals surface area (Å²) in [6.45, 7) is 0. The van der Waals surface area contributed by atoms with Gasteiger partial charge in [-0.1, -0.05) is 11.6 Å². The Labute approximate surface area is 92.2 Å². The molecule has 0 saturated heterocycles. The average Bonchev–Trinajstić information content (AvgIpc) is 2.08. The maximum Gasteiger partial charge on any atom is 0.265 e. The fourth-order valence-corrected chi connectivity index (χ4v) is 1.52. The third kappa shape index (κ3) is 2.51. The lowest BCUT2D eigenvalue weighted by Gasteiger charge is -2.06. The van der Waals surface area contributed by atoms with Gasteiger partial charge in [0.25, 0.3) is 6.43 Å². The molecule has 1 nitrogen and oxygen atoms in total. The van der Waals surface area contributed by atoms with Gasteiger partial charge in [0.15, 0.2) is 0 Å². The molecule has 1 heterocycles. The number of nitrogens with zero attached hydrogens (tertiary/aromatic N) is 1. The third-order valence-corrected chi connectivity index (χ3v) is 2.78. The van der Waals surface area contributed by atoms with Gasteiger partial charge in [-0.25, -0.2) is 13.8 Å². The molecular weight excluding hydrogens is 287 g/mol. The summed E-state index contributed by atoms with van der Waals surface area (Å²) in [7, 11) is 0. The Morgan fingerprint density at radius 3 is 2.62 bits per heavy atom. The van der Waals surface area contributed by atoms with Crippen molar-refractivity contribution in [1.82, 2.24) is 4.98 Å². The van der Waals surface area contributed by atoms with Gasteiger partial charge in [-0.2, -0.15) is 0 Å². The van der Waals surface area contributed by atoms with Crippen molar-refractivity contribution in [1.29, 1.82) is 0 Å². The molecular formula is C7H4BrCl2F2N. The van der Waals surface area contributed by atoms with Crippen LogP contribution >= 0.6 is 39.1 Å². The van der Waals surface area contributed by atoms with E-state index in [1.807, 2.05) is 0 Å². The second kappa shape index (κ2) is 4.53. The van der Waals surface area contributed by atoms with Gasteiger partial charge in [-0.05, 0) is 22.0 Å². The van der Waals surface area contributed by atoms with Crippen LogP contribution in [0.2, 0.25) is 5.15 Å². The van der Waals surface area contributed by atoms with Crippen molar-refractivity contribution in [2.24, 2.45) is 0 Å². The van der Waals surface area contributed by atoms with Crippen molar-refractivity contribution in [3.63, 3.8) is 0 Å². The Morgan fingerprint density at radius 2 is 2.15 bits per heavy atom. The molecule has 0 aromatic carbocycles. The normalized spacial score (nSPS) is 10.9. The van der Waals surface area contributed by atoms with E-state index in [1.54, 1.807) is 0 Å². The van der Waals surface area contributed by atoms with Crippen LogP contribution in [0.25, 0.3) is 0 Å². The molecule has 0 aliphatic carbocycles. The summed E-state index contributed by atoms with van der Waals surface area (Å²) in [5.41, 5.74) is -0.0730. The topological polar surface area (TPSA) is 12.9 Å². The Hall–Kier alpha value is 0.0700. The number of aromatic nitrogens is 1. The molecule has 6 heteroatoms. The van der Waals surface area contributed by atoms with Crippen molar-refractivity contribution in [2.45, 2.75) is 12.3 Å². The first-order chi connectivity index (χ1) is 6.06. The van der Waals surface area contributed by atoms with Crippen LogP contribution in [0.4, 0.5) is 8.78 Å². The van der Waals surface area contributed by atoms with Crippen molar-refractivity contribution < 1.29 is 8.78 Å². The van der Waals surface area contributed by atoms with Crippen LogP contribution in [0.15, 0.2) is 10.5 Å². The summed E-state index contributed by atoms with van der Waals surface area (Å²) >= 11 is 14.0. The first-order valence-electron chi connectivity index (χ1n) is 3.25. The molecule has 0 saturated carbocycles. The molecule has 1 aromatic heterocycles. The lowest BCUT2D eigenvalue weighted by atomic mass is 10.2. The fourth-order valence-electron chi connectivity index (χ4n) is 0.812. The van der Waals surface area contributed by atoms with E-state index in [2.05, 4.69) is 20.9 Å². The van der Waals surface area contributed by atoms with Crippen molar-refractivity contribution in [3.05, 3.63) is 26.9 Å². The van der Waals surface area contributed by atoms with Gasteiger partial charge in [-0.15, -0.1) is 11.6 Å². The van der Waals surface area contributed by atoms with E-state index < -0.39 is 6.43 Å². The molecule has 0 aliphatic heterocycles. The molecule has 72 valence electrons. The van der Waals surface area contributed by atoms with Crippen LogP contribution in [0, 0.1) is 0 Å². The Bertz CT molecular complexity index is 320. The van der Waals surface area contributed by atoms with Crippen LogP contribution in [-0.4, -0.2) is 4.98 Å². The van der Waals surface area contributed by atoms with Crippen LogP contribution in [0.3, 0.4) is 0 Å². The quantitative estimate of drug-likeness (QED) is 0.588. The van der Waals surface area contributed by atoms with Gasteiger partial charge >= 0.3 is 0 Å². The van der Waals surface area contributed by atoms with Crippen LogP contribution in [0.1, 0.15) is 17.7 Å². The summed E-state index contributed by atoms with van der Waals surface area (Å²) in [6.07, 6.45) is -2.59. The minimum atomic E-state index is -2.59. The zero-order valence-corrected chi connectivity index (χ0v) is 9.30. The second-order valence-corrected chi connectivity index (χ2v) is 3.71. The van der Waals surface area contributed by atoms with Gasteiger partial charge in [0.2, 0.25) is 0 Å². The molecule has 0 N–H and O–H groups in total. The lowest BCUT2D eigenvalue weighted by molar-refractivity contribution is 0.150. The summed E-state index contributed by atoms with van der Waals surface area (Å²) in [5, 5.41) is 0.139. The number of rotatable bonds is 2. The highest BCUT2D eigenvalue weighted by molar-refractivity contribution is 9.10. The third-order valence-electron chi connectivity index (χ3n) is 1.41. The molecule has 1 rings (SSSR count). The Balaban J connectivity index is 3.25. The van der Waals surface area contributed by atoms with Crippen LogP contribution in [-0.2, 0) is 5.88 Å². The molecule has 0 spiro atoms. The fraction of sp³-hybridized carbons (Fsp3) is 0.286. The minimum Gasteiger partial charge on any atom is -0.238 e. The summed E-state index contributed by atoms with van der Waals surface area (Å²) in [5.74, 6) is -0.0767. The van der Waals surface area contributed by atoms with Gasteiger partial charge in [-0.3, -0.25) is 0 Å². The predicted octanol–water partition coefficient (Wildman–Crippen LogP) is 4.17. The molecule has 0 aliphatic rings. The molecule has 13 heavy (non-hydrogen) atoms. The molecule has 0 bridgehead atoms.